The van der Waals surface area contributed by atoms with E-state index in [1.807, 2.05) is 0 Å². The summed E-state index contributed by atoms with van der Waals surface area (Å²) in [5, 5.41) is 40.3. The van der Waals surface area contributed by atoms with Gasteiger partial charge in [-0.05, 0) is 76.0 Å². The molecule has 6 atom stereocenters. The van der Waals surface area contributed by atoms with Gasteiger partial charge in [-0.2, -0.15) is 10.2 Å². The van der Waals surface area contributed by atoms with Crippen LogP contribution in [-0.4, -0.2) is 150 Å². The molecule has 0 spiro atoms. The Morgan fingerprint density at radius 3 is 1.63 bits per heavy atom. The molecule has 8 aliphatic rings. The number of hydrogen-bond acceptors (Lipinski definition) is 13. The molecule has 6 N–H and O–H groups in total. The number of alkyl halides is 4. The van der Waals surface area contributed by atoms with Crippen molar-refractivity contribution >= 4 is 35.6 Å². The number of rotatable bonds is 18. The summed E-state index contributed by atoms with van der Waals surface area (Å²) in [4.78, 5) is 51.5. The molecule has 0 aromatic carbocycles. The quantitative estimate of drug-likeness (QED) is 0.0681. The van der Waals surface area contributed by atoms with Gasteiger partial charge in [-0.15, -0.1) is 10.2 Å². The fourth-order valence-corrected chi connectivity index (χ4v) is 11.1. The van der Waals surface area contributed by atoms with Gasteiger partial charge in [-0.25, -0.2) is 27.2 Å². The normalized spacial score (nSPS) is 28.9. The molecule has 4 heterocycles. The first-order valence-corrected chi connectivity index (χ1v) is 23.1. The van der Waals surface area contributed by atoms with Crippen molar-refractivity contribution in [1.82, 2.24) is 50.2 Å². The minimum absolute atomic E-state index is 0.00287. The third-order valence-corrected chi connectivity index (χ3v) is 14.7. The molecule has 4 aromatic heterocycles. The number of aromatic nitrogens is 8. The SMILES string of the molecule is CO[C@@H]1C[C@@H](c2cc(NC(=O)c3cc(OCC(F)F)nn3C)n[nH]2)C[C@@H]1N(C(=O)O)C12CC(C1)C2.CO[C@H]1C[C@@H](c2cc(NC(=O)c3cc(OCC(F)F)nn3C)n[nH]2)C[C@H]1OC(=O)NC12CC(C1)C2. The highest BCUT2D eigenvalue weighted by Gasteiger charge is 2.64. The molecule has 22 nitrogen and oxygen atoms in total. The van der Waals surface area contributed by atoms with Crippen LogP contribution in [-0.2, 0) is 28.3 Å². The number of anilines is 2. The predicted octanol–water partition coefficient (Wildman–Crippen LogP) is 5.41. The Morgan fingerprint density at radius 1 is 0.729 bits per heavy atom. The van der Waals surface area contributed by atoms with Gasteiger partial charge in [-0.1, -0.05) is 0 Å². The smallest absolute Gasteiger partial charge is 0.408 e. The minimum atomic E-state index is -2.65. The summed E-state index contributed by atoms with van der Waals surface area (Å²) in [7, 11) is 6.21. The Bertz CT molecular complexity index is 2530. The molecule has 8 fully saturated rings. The minimum Gasteiger partial charge on any atom is -0.471 e. The van der Waals surface area contributed by atoms with E-state index in [1.165, 1.54) is 35.6 Å². The van der Waals surface area contributed by atoms with Gasteiger partial charge in [0.05, 0.1) is 18.2 Å². The maximum Gasteiger partial charge on any atom is 0.408 e. The number of carbonyl (C=O) groups is 4. The molecule has 0 aliphatic heterocycles. The number of carbonyl (C=O) groups excluding carboxylic acids is 3. The van der Waals surface area contributed by atoms with E-state index in [9.17, 15) is 41.8 Å². The molecule has 380 valence electrons. The number of ether oxygens (including phenoxy) is 5. The van der Waals surface area contributed by atoms with Gasteiger partial charge < -0.3 is 44.7 Å². The van der Waals surface area contributed by atoms with Crippen molar-refractivity contribution in [2.75, 3.05) is 38.1 Å². The third kappa shape index (κ3) is 9.96. The number of methoxy groups -OCH3 is 2. The number of amides is 4. The molecule has 26 heteroatoms. The van der Waals surface area contributed by atoms with Gasteiger partial charge in [-0.3, -0.25) is 34.0 Å². The fourth-order valence-electron chi connectivity index (χ4n) is 11.1. The molecule has 4 bridgehead atoms. The largest absolute Gasteiger partial charge is 0.471 e. The van der Waals surface area contributed by atoms with Crippen molar-refractivity contribution in [2.45, 2.75) is 124 Å². The van der Waals surface area contributed by atoms with E-state index >= 15 is 0 Å². The first-order chi connectivity index (χ1) is 33.4. The Labute approximate surface area is 397 Å². The van der Waals surface area contributed by atoms with Crippen molar-refractivity contribution < 1.29 is 65.5 Å². The molecular formula is C44H56F4N12O10. The van der Waals surface area contributed by atoms with E-state index in [1.54, 1.807) is 31.3 Å². The van der Waals surface area contributed by atoms with Crippen LogP contribution >= 0.6 is 0 Å². The molecule has 0 unspecified atom stereocenters. The van der Waals surface area contributed by atoms with E-state index in [0.29, 0.717) is 37.4 Å². The number of H-pyrrole nitrogens is 2. The van der Waals surface area contributed by atoms with Gasteiger partial charge in [0.2, 0.25) is 11.8 Å². The zero-order valence-corrected chi connectivity index (χ0v) is 38.8. The van der Waals surface area contributed by atoms with Crippen LogP contribution in [0.5, 0.6) is 11.8 Å². The maximum atomic E-state index is 12.7. The van der Waals surface area contributed by atoms with Crippen molar-refractivity contribution in [2.24, 2.45) is 25.9 Å². The third-order valence-electron chi connectivity index (χ3n) is 14.7. The molecule has 0 radical (unpaired) electrons. The van der Waals surface area contributed by atoms with E-state index in [4.69, 9.17) is 23.7 Å². The van der Waals surface area contributed by atoms with Crippen LogP contribution in [0.25, 0.3) is 0 Å². The highest BCUT2D eigenvalue weighted by molar-refractivity contribution is 6.03. The lowest BCUT2D eigenvalue weighted by molar-refractivity contribution is -0.154. The topological polar surface area (TPSA) is 267 Å². The number of nitrogens with one attached hydrogen (secondary N) is 5. The molecule has 8 aliphatic carbocycles. The highest BCUT2D eigenvalue weighted by Crippen LogP contribution is 2.62. The van der Waals surface area contributed by atoms with Crippen LogP contribution in [0.4, 0.5) is 38.8 Å². The Morgan fingerprint density at radius 2 is 1.20 bits per heavy atom. The Hall–Kier alpha value is -6.44. The number of nitrogens with zero attached hydrogens (tertiary/aromatic N) is 7. The van der Waals surface area contributed by atoms with Gasteiger partial charge in [0, 0.05) is 86.9 Å². The van der Waals surface area contributed by atoms with Gasteiger partial charge in [0.1, 0.15) is 17.5 Å². The maximum absolute atomic E-state index is 12.7. The molecule has 8 saturated carbocycles. The van der Waals surface area contributed by atoms with Crippen LogP contribution in [0.2, 0.25) is 0 Å². The molecule has 4 amide bonds. The Balaban J connectivity index is 0.000000174. The lowest BCUT2D eigenvalue weighted by atomic mass is 9.49. The molecule has 70 heavy (non-hydrogen) atoms. The predicted molar refractivity (Wildman–Crippen MR) is 235 cm³/mol. The summed E-state index contributed by atoms with van der Waals surface area (Å²) >= 11 is 0. The summed E-state index contributed by atoms with van der Waals surface area (Å²) in [5.74, 6) is 0.792. The molecule has 0 saturated heterocycles. The fraction of sp³-hybridized carbons (Fsp3) is 0.636. The van der Waals surface area contributed by atoms with Crippen LogP contribution < -0.4 is 25.4 Å². The first kappa shape index (κ1) is 48.6. The number of carboxylic acid groups (broad SMARTS) is 1. The standard InChI is InChI=1S/2C22H28F2N6O5/c1-30-14(6-19(29-30)34-10-17(23)24)20(31)25-18-5-13(27-28-18)12-3-15(33-2)16(4-12)35-21(32)26-22-7-11(8-22)9-22;1-29-15(6-19(28-29)35-10-17(23)24)20(31)25-18-5-13(26-27-18)12-3-14(16(4-12)34-2)30(21(32)33)22-7-11(8-22)9-22/h5-6,11-12,15-17H,3-4,7-10H2,1-2H3,(H,26,32)(H2,25,27,28,31);5-6,11-12,14,16-17H,3-4,7-10H2,1-2H3,(H,32,33)(H2,25,26,27,31)/t11?,12-,15+,16-,22?;11?,12-,14-,16+,22?/m10/s1. The zero-order chi connectivity index (χ0) is 49.6. The van der Waals surface area contributed by atoms with E-state index in [-0.39, 0.29) is 76.2 Å². The summed E-state index contributed by atoms with van der Waals surface area (Å²) in [6.07, 6.45) is 0.859. The van der Waals surface area contributed by atoms with Crippen LogP contribution in [0.15, 0.2) is 24.3 Å². The second-order valence-corrected chi connectivity index (χ2v) is 19.3. The van der Waals surface area contributed by atoms with Crippen molar-refractivity contribution in [3.63, 3.8) is 0 Å². The Kier molecular flexibility index (Phi) is 13.5. The monoisotopic (exact) mass is 988 g/mol. The first-order valence-electron chi connectivity index (χ1n) is 23.1. The summed E-state index contributed by atoms with van der Waals surface area (Å²) in [6, 6.07) is 5.75. The van der Waals surface area contributed by atoms with Crippen molar-refractivity contribution in [1.29, 1.82) is 0 Å². The summed E-state index contributed by atoms with van der Waals surface area (Å²) < 4.78 is 78.5. The number of hydrogen-bond donors (Lipinski definition) is 6. The number of halogens is 4. The lowest BCUT2D eigenvalue weighted by Gasteiger charge is -2.67. The van der Waals surface area contributed by atoms with Gasteiger partial charge in [0.25, 0.3) is 24.7 Å². The average molecular weight is 989 g/mol. The molecule has 4 aromatic rings. The highest BCUT2D eigenvalue weighted by atomic mass is 19.3. The summed E-state index contributed by atoms with van der Waals surface area (Å²) in [5.41, 5.74) is 1.51. The zero-order valence-electron chi connectivity index (χ0n) is 38.8. The number of aromatic amines is 2. The van der Waals surface area contributed by atoms with Crippen LogP contribution in [0, 0.1) is 11.8 Å². The van der Waals surface area contributed by atoms with E-state index < -0.39 is 50.1 Å². The lowest BCUT2D eigenvalue weighted by Crippen LogP contribution is -2.72. The molecular weight excluding hydrogens is 933 g/mol. The second-order valence-electron chi connectivity index (χ2n) is 19.3. The van der Waals surface area contributed by atoms with Crippen molar-refractivity contribution in [3.8, 4) is 11.8 Å². The van der Waals surface area contributed by atoms with Gasteiger partial charge in [0.15, 0.2) is 24.8 Å². The number of aryl methyl sites for hydroxylation is 2. The van der Waals surface area contributed by atoms with Crippen LogP contribution in [0.1, 0.15) is 108 Å². The average Bonchev–Trinajstić information content (AvgIpc) is 4.12. The number of alkyl carbamates (subject to hydrolysis) is 1. The van der Waals surface area contributed by atoms with Crippen molar-refractivity contribution in [3.05, 3.63) is 47.0 Å². The van der Waals surface area contributed by atoms with Gasteiger partial charge >= 0.3 is 12.2 Å². The molecule has 12 rings (SSSR count). The van der Waals surface area contributed by atoms with E-state index in [2.05, 4.69) is 46.5 Å². The van der Waals surface area contributed by atoms with Crippen LogP contribution in [0.3, 0.4) is 0 Å². The van der Waals surface area contributed by atoms with E-state index in [0.717, 1.165) is 55.8 Å². The second kappa shape index (κ2) is 19.4. The summed E-state index contributed by atoms with van der Waals surface area (Å²) in [6.45, 7) is -1.62.